The molecule has 0 spiro atoms. The van der Waals surface area contributed by atoms with Crippen LogP contribution < -0.4 is 0 Å². The van der Waals surface area contributed by atoms with Crippen LogP contribution in [-0.4, -0.2) is 9.71 Å². The summed E-state index contributed by atoms with van der Waals surface area (Å²) in [6.45, 7) is 5.93. The summed E-state index contributed by atoms with van der Waals surface area (Å²) in [5.74, 6) is -0.199. The number of halogens is 2. The van der Waals surface area contributed by atoms with Crippen molar-refractivity contribution in [1.29, 1.82) is 0 Å². The monoisotopic (exact) mass is 348 g/mol. The van der Waals surface area contributed by atoms with Gasteiger partial charge in [-0.15, -0.1) is 0 Å². The second-order valence-electron chi connectivity index (χ2n) is 4.46. The Bertz CT molecular complexity index is 383. The van der Waals surface area contributed by atoms with Gasteiger partial charge in [-0.25, -0.2) is 4.39 Å². The maximum absolute atomic E-state index is 13.7. The lowest BCUT2D eigenvalue weighted by Gasteiger charge is -2.17. The molecule has 0 saturated heterocycles. The number of rotatable bonds is 5. The molecular formula is C14H18FIO. The van der Waals surface area contributed by atoms with Crippen LogP contribution in [0, 0.1) is 18.7 Å². The van der Waals surface area contributed by atoms with E-state index in [9.17, 15) is 9.18 Å². The van der Waals surface area contributed by atoms with Gasteiger partial charge in [0.25, 0.3) is 0 Å². The topological polar surface area (TPSA) is 17.1 Å². The number of carbonyl (C=O) groups is 1. The van der Waals surface area contributed by atoms with E-state index in [1.165, 1.54) is 6.07 Å². The molecule has 17 heavy (non-hydrogen) atoms. The first-order valence-electron chi connectivity index (χ1n) is 5.92. The van der Waals surface area contributed by atoms with E-state index < -0.39 is 5.82 Å². The van der Waals surface area contributed by atoms with Gasteiger partial charge in [0.15, 0.2) is 5.78 Å². The Morgan fingerprint density at radius 2 is 2.12 bits per heavy atom. The standard InChI is InChI=1S/C14H18FIO/c1-4-6-10(3)13(16)14(17)12-9(2)7-5-8-11(12)15/h5,7-8,10,13H,4,6H2,1-3H3/t10-,13?/m1/s1. The van der Waals surface area contributed by atoms with Gasteiger partial charge in [0.05, 0.1) is 9.49 Å². The molecule has 1 unspecified atom stereocenters. The van der Waals surface area contributed by atoms with Crippen LogP contribution in [0.5, 0.6) is 0 Å². The fourth-order valence-electron chi connectivity index (χ4n) is 1.94. The lowest BCUT2D eigenvalue weighted by atomic mass is 9.94. The van der Waals surface area contributed by atoms with Gasteiger partial charge in [-0.1, -0.05) is 55.0 Å². The first-order chi connectivity index (χ1) is 7.99. The molecule has 1 nitrogen and oxygen atoms in total. The zero-order chi connectivity index (χ0) is 13.0. The summed E-state index contributed by atoms with van der Waals surface area (Å²) in [7, 11) is 0. The van der Waals surface area contributed by atoms with Crippen LogP contribution in [0.25, 0.3) is 0 Å². The molecule has 0 radical (unpaired) electrons. The third-order valence-electron chi connectivity index (χ3n) is 2.96. The molecular weight excluding hydrogens is 330 g/mol. The number of benzene rings is 1. The molecule has 0 amide bonds. The molecule has 94 valence electrons. The van der Waals surface area contributed by atoms with Crippen molar-refractivity contribution in [3.63, 3.8) is 0 Å². The van der Waals surface area contributed by atoms with Crippen molar-refractivity contribution < 1.29 is 9.18 Å². The third-order valence-corrected chi connectivity index (χ3v) is 4.76. The van der Waals surface area contributed by atoms with Gasteiger partial charge >= 0.3 is 0 Å². The first kappa shape index (κ1) is 14.6. The highest BCUT2D eigenvalue weighted by molar-refractivity contribution is 14.1. The first-order valence-corrected chi connectivity index (χ1v) is 7.17. The van der Waals surface area contributed by atoms with Gasteiger partial charge in [-0.05, 0) is 30.9 Å². The van der Waals surface area contributed by atoms with Crippen molar-refractivity contribution in [3.8, 4) is 0 Å². The largest absolute Gasteiger partial charge is 0.293 e. The van der Waals surface area contributed by atoms with Crippen LogP contribution in [0.1, 0.15) is 42.6 Å². The number of hydrogen-bond acceptors (Lipinski definition) is 1. The summed E-state index contributed by atoms with van der Waals surface area (Å²) >= 11 is 2.14. The Hall–Kier alpha value is -0.450. The van der Waals surface area contributed by atoms with Gasteiger partial charge in [0.2, 0.25) is 0 Å². The van der Waals surface area contributed by atoms with Gasteiger partial charge in [-0.2, -0.15) is 0 Å². The smallest absolute Gasteiger partial charge is 0.179 e. The van der Waals surface area contributed by atoms with Crippen LogP contribution in [0.2, 0.25) is 0 Å². The lowest BCUT2D eigenvalue weighted by molar-refractivity contribution is 0.0972. The van der Waals surface area contributed by atoms with Gasteiger partial charge in [0.1, 0.15) is 5.82 Å². The lowest BCUT2D eigenvalue weighted by Crippen LogP contribution is -2.23. The van der Waals surface area contributed by atoms with E-state index in [1.807, 2.05) is 0 Å². The van der Waals surface area contributed by atoms with Crippen molar-refractivity contribution in [1.82, 2.24) is 0 Å². The van der Waals surface area contributed by atoms with Crippen molar-refractivity contribution in [2.75, 3.05) is 0 Å². The minimum Gasteiger partial charge on any atom is -0.293 e. The maximum atomic E-state index is 13.7. The molecule has 0 aliphatic carbocycles. The van der Waals surface area contributed by atoms with Crippen molar-refractivity contribution in [3.05, 3.63) is 35.1 Å². The van der Waals surface area contributed by atoms with E-state index in [0.717, 1.165) is 18.4 Å². The molecule has 1 aromatic rings. The summed E-state index contributed by atoms with van der Waals surface area (Å²) < 4.78 is 13.5. The maximum Gasteiger partial charge on any atom is 0.179 e. The minimum atomic E-state index is -0.402. The van der Waals surface area contributed by atoms with Crippen LogP contribution in [0.3, 0.4) is 0 Å². The normalized spacial score (nSPS) is 14.4. The zero-order valence-electron chi connectivity index (χ0n) is 10.5. The second kappa shape index (κ2) is 6.47. The molecule has 0 bridgehead atoms. The number of alkyl halides is 1. The minimum absolute atomic E-state index is 0.0813. The van der Waals surface area contributed by atoms with Crippen LogP contribution >= 0.6 is 22.6 Å². The third kappa shape index (κ3) is 3.50. The summed E-state index contributed by atoms with van der Waals surface area (Å²) in [6, 6.07) is 4.78. The quantitative estimate of drug-likeness (QED) is 0.433. The molecule has 3 heteroatoms. The van der Waals surface area contributed by atoms with Crippen LogP contribution in [0.4, 0.5) is 4.39 Å². The van der Waals surface area contributed by atoms with E-state index in [4.69, 9.17) is 0 Å². The number of ketones is 1. The summed E-state index contributed by atoms with van der Waals surface area (Å²) in [4.78, 5) is 12.3. The Labute approximate surface area is 116 Å². The van der Waals surface area contributed by atoms with E-state index in [1.54, 1.807) is 19.1 Å². The Morgan fingerprint density at radius 1 is 1.47 bits per heavy atom. The molecule has 0 fully saturated rings. The number of hydrogen-bond donors (Lipinski definition) is 0. The number of aryl methyl sites for hydroxylation is 1. The molecule has 0 aliphatic rings. The van der Waals surface area contributed by atoms with E-state index in [0.29, 0.717) is 0 Å². The number of carbonyl (C=O) groups excluding carboxylic acids is 1. The molecule has 1 rings (SSSR count). The van der Waals surface area contributed by atoms with Gasteiger partial charge in [0, 0.05) is 0 Å². The SMILES string of the molecule is CCC[C@@H](C)C(I)C(=O)c1c(C)cccc1F. The Kier molecular flexibility index (Phi) is 5.56. The second-order valence-corrected chi connectivity index (χ2v) is 5.81. The predicted octanol–water partition coefficient (Wildman–Crippen LogP) is 4.56. The molecule has 0 N–H and O–H groups in total. The van der Waals surface area contributed by atoms with E-state index >= 15 is 0 Å². The average Bonchev–Trinajstić information content (AvgIpc) is 2.27. The summed E-state index contributed by atoms with van der Waals surface area (Å²) in [5, 5.41) is 0. The Balaban J connectivity index is 2.96. The fourth-order valence-corrected chi connectivity index (χ4v) is 2.61. The van der Waals surface area contributed by atoms with Gasteiger partial charge in [-0.3, -0.25) is 4.79 Å². The zero-order valence-corrected chi connectivity index (χ0v) is 12.6. The molecule has 0 aliphatic heterocycles. The molecule has 0 saturated carbocycles. The average molecular weight is 348 g/mol. The fraction of sp³-hybridized carbons (Fsp3) is 0.500. The predicted molar refractivity (Wildman–Crippen MR) is 77.3 cm³/mol. The molecule has 0 heterocycles. The summed E-state index contributed by atoms with van der Waals surface area (Å²) in [5.41, 5.74) is 0.982. The van der Waals surface area contributed by atoms with Gasteiger partial charge < -0.3 is 0 Å². The highest BCUT2D eigenvalue weighted by Crippen LogP contribution is 2.25. The van der Waals surface area contributed by atoms with Crippen molar-refractivity contribution in [2.45, 2.75) is 37.5 Å². The highest BCUT2D eigenvalue weighted by atomic mass is 127. The van der Waals surface area contributed by atoms with Crippen LogP contribution in [0.15, 0.2) is 18.2 Å². The summed E-state index contributed by atoms with van der Waals surface area (Å²) in [6.07, 6.45) is 2.04. The molecule has 1 aromatic carbocycles. The van der Waals surface area contributed by atoms with E-state index in [2.05, 4.69) is 36.4 Å². The van der Waals surface area contributed by atoms with Crippen molar-refractivity contribution in [2.24, 2.45) is 5.92 Å². The molecule has 0 aromatic heterocycles. The Morgan fingerprint density at radius 3 is 2.65 bits per heavy atom. The number of Topliss-reactive ketones (excluding diaryl/α,β-unsaturated/α-hetero) is 1. The van der Waals surface area contributed by atoms with Crippen molar-refractivity contribution >= 4 is 28.4 Å². The van der Waals surface area contributed by atoms with E-state index in [-0.39, 0.29) is 21.2 Å². The van der Waals surface area contributed by atoms with Crippen LogP contribution in [-0.2, 0) is 0 Å². The highest BCUT2D eigenvalue weighted by Gasteiger charge is 2.25. The molecule has 2 atom stereocenters.